The molecule has 2 nitrogen and oxygen atoms in total. The van der Waals surface area contributed by atoms with Gasteiger partial charge in [0.15, 0.2) is 0 Å². The first-order valence-corrected chi connectivity index (χ1v) is 23.6. The van der Waals surface area contributed by atoms with Crippen molar-refractivity contribution in [1.29, 1.82) is 0 Å². The number of hydrogen-bond acceptors (Lipinski definition) is 1. The number of benzene rings is 9. The molecule has 9 aromatic carbocycles. The Morgan fingerprint density at radius 2 is 1.02 bits per heavy atom. The van der Waals surface area contributed by atoms with Gasteiger partial charge < -0.3 is 9.47 Å². The van der Waals surface area contributed by atoms with Gasteiger partial charge in [0.25, 0.3) is 0 Å². The van der Waals surface area contributed by atoms with Crippen LogP contribution in [-0.2, 0) is 5.41 Å². The zero-order valence-corrected chi connectivity index (χ0v) is 36.7. The first kappa shape index (κ1) is 38.1. The molecule has 1 heterocycles. The summed E-state index contributed by atoms with van der Waals surface area (Å²) in [6.07, 6.45) is 7.95. The van der Waals surface area contributed by atoms with E-state index in [2.05, 4.69) is 235 Å². The van der Waals surface area contributed by atoms with Gasteiger partial charge in [-0.1, -0.05) is 170 Å². The molecule has 0 amide bonds. The molecule has 4 atom stereocenters. The SMILES string of the molecule is C[C@H]1C[C@@H]2C[C@@H]3C=C2C(c2ccc(N(c4ccc(-c5ccccc5-c5ccccc5)cc4)c4ccc(-c5ccccc5-n5c6ccccc6c6cc7ccccc7cc65)cc4)cc2)(C1)C3. The lowest BCUT2D eigenvalue weighted by Gasteiger charge is -2.47. The van der Waals surface area contributed by atoms with Crippen molar-refractivity contribution < 1.29 is 0 Å². The van der Waals surface area contributed by atoms with Crippen molar-refractivity contribution in [2.75, 3.05) is 4.90 Å². The highest BCUT2D eigenvalue weighted by molar-refractivity contribution is 6.14. The van der Waals surface area contributed by atoms with Gasteiger partial charge in [-0.3, -0.25) is 0 Å². The maximum absolute atomic E-state index is 2.66. The Balaban J connectivity index is 0.907. The third-order valence-electron chi connectivity index (χ3n) is 15.2. The second-order valence-corrected chi connectivity index (χ2v) is 19.1. The van der Waals surface area contributed by atoms with Crippen molar-refractivity contribution in [3.05, 3.63) is 230 Å². The topological polar surface area (TPSA) is 8.17 Å². The van der Waals surface area contributed by atoms with E-state index in [1.54, 1.807) is 5.57 Å². The standard InChI is InChI=1S/C63H50N2/c1-42-35-49-36-43-37-59(49)63(40-42,41-43)50-27-33-53(34-28-50)64(51-29-23-45(24-30-51)55-18-8-7-17-54(55)44-13-3-2-4-14-44)52-31-25-46(26-32-52)56-19-9-11-21-60(56)65-61-22-12-10-20-57(61)58-38-47-15-5-6-16-48(47)39-62(58)65/h2-34,37-39,42-43,49H,35-36,40-41H2,1H3/t42-,43+,49+,63?/m0/s1. The van der Waals surface area contributed by atoms with Crippen LogP contribution in [-0.4, -0.2) is 4.57 Å². The average Bonchev–Trinajstić information content (AvgIpc) is 4.05. The summed E-state index contributed by atoms with van der Waals surface area (Å²) in [7, 11) is 0. The normalized spacial score (nSPS) is 19.8. The van der Waals surface area contributed by atoms with Crippen LogP contribution in [0.15, 0.2) is 224 Å². The number of para-hydroxylation sites is 2. The predicted octanol–water partition coefficient (Wildman–Crippen LogP) is 17.0. The minimum absolute atomic E-state index is 0.209. The monoisotopic (exact) mass is 834 g/mol. The highest BCUT2D eigenvalue weighted by Crippen LogP contribution is 2.62. The summed E-state index contributed by atoms with van der Waals surface area (Å²) >= 11 is 0. The molecule has 1 fully saturated rings. The van der Waals surface area contributed by atoms with Crippen molar-refractivity contribution in [3.8, 4) is 39.1 Å². The molecular formula is C63H50N2. The third kappa shape index (κ3) is 6.22. The van der Waals surface area contributed by atoms with Gasteiger partial charge in [-0.15, -0.1) is 0 Å². The molecule has 2 bridgehead atoms. The van der Waals surface area contributed by atoms with Crippen molar-refractivity contribution in [3.63, 3.8) is 0 Å². The number of anilines is 3. The highest BCUT2D eigenvalue weighted by atomic mass is 15.1. The van der Waals surface area contributed by atoms with E-state index in [1.807, 2.05) is 0 Å². The maximum atomic E-state index is 2.66. The fourth-order valence-electron chi connectivity index (χ4n) is 12.6. The second-order valence-electron chi connectivity index (χ2n) is 19.1. The Labute approximate surface area is 381 Å². The smallest absolute Gasteiger partial charge is 0.0547 e. The molecule has 1 saturated carbocycles. The molecular weight excluding hydrogens is 785 g/mol. The van der Waals surface area contributed by atoms with Crippen molar-refractivity contribution in [2.45, 2.75) is 38.0 Å². The molecule has 0 saturated heterocycles. The van der Waals surface area contributed by atoms with Gasteiger partial charge in [-0.2, -0.15) is 0 Å². The Hall–Kier alpha value is -7.42. The summed E-state index contributed by atoms with van der Waals surface area (Å²) in [6.45, 7) is 2.48. The van der Waals surface area contributed by atoms with Crippen LogP contribution in [0.25, 0.3) is 71.6 Å². The Kier molecular flexibility index (Phi) is 8.85. The summed E-state index contributed by atoms with van der Waals surface area (Å²) in [5.74, 6) is 2.29. The zero-order valence-electron chi connectivity index (χ0n) is 36.7. The van der Waals surface area contributed by atoms with Gasteiger partial charge >= 0.3 is 0 Å². The first-order valence-electron chi connectivity index (χ1n) is 23.6. The molecule has 0 spiro atoms. The van der Waals surface area contributed by atoms with Crippen LogP contribution in [0.3, 0.4) is 0 Å². The fourth-order valence-corrected chi connectivity index (χ4v) is 12.6. The lowest BCUT2D eigenvalue weighted by molar-refractivity contribution is 0.188. The molecule has 13 rings (SSSR count). The fraction of sp³-hybridized carbons (Fsp3) is 0.143. The molecule has 10 aromatic rings. The van der Waals surface area contributed by atoms with Gasteiger partial charge in [0, 0.05) is 38.8 Å². The highest BCUT2D eigenvalue weighted by Gasteiger charge is 2.53. The van der Waals surface area contributed by atoms with E-state index in [0.717, 1.165) is 29.1 Å². The number of fused-ring (bicyclic) bond motifs is 5. The van der Waals surface area contributed by atoms with E-state index in [0.29, 0.717) is 0 Å². The van der Waals surface area contributed by atoms with Gasteiger partial charge in [0.2, 0.25) is 0 Å². The number of hydrogen-bond donors (Lipinski definition) is 0. The van der Waals surface area contributed by atoms with Gasteiger partial charge in [0.05, 0.1) is 16.7 Å². The predicted molar refractivity (Wildman–Crippen MR) is 274 cm³/mol. The molecule has 0 aliphatic heterocycles. The molecule has 0 radical (unpaired) electrons. The quantitative estimate of drug-likeness (QED) is 0.138. The minimum Gasteiger partial charge on any atom is -0.311 e. The first-order chi connectivity index (χ1) is 32.1. The van der Waals surface area contributed by atoms with Crippen LogP contribution in [0, 0.1) is 17.8 Å². The minimum atomic E-state index is 0.209. The second kappa shape index (κ2) is 15.1. The van der Waals surface area contributed by atoms with Crippen LogP contribution in [0.4, 0.5) is 17.1 Å². The van der Waals surface area contributed by atoms with E-state index in [-0.39, 0.29) is 5.41 Å². The van der Waals surface area contributed by atoms with Crippen molar-refractivity contribution in [1.82, 2.24) is 4.57 Å². The van der Waals surface area contributed by atoms with Crippen LogP contribution in [0.5, 0.6) is 0 Å². The molecule has 2 heteroatoms. The Morgan fingerprint density at radius 1 is 0.462 bits per heavy atom. The molecule has 3 aliphatic rings. The number of allylic oxidation sites excluding steroid dienone is 2. The number of nitrogens with zero attached hydrogens (tertiary/aromatic N) is 2. The summed E-state index contributed by atoms with van der Waals surface area (Å²) in [5.41, 5.74) is 17.8. The lowest BCUT2D eigenvalue weighted by atomic mass is 9.57. The molecule has 3 aliphatic carbocycles. The Bertz CT molecular complexity index is 3450. The average molecular weight is 835 g/mol. The molecule has 1 aromatic heterocycles. The molecule has 1 unspecified atom stereocenters. The van der Waals surface area contributed by atoms with E-state index < -0.39 is 0 Å². The zero-order chi connectivity index (χ0) is 43.1. The van der Waals surface area contributed by atoms with Crippen LogP contribution < -0.4 is 4.90 Å². The van der Waals surface area contributed by atoms with Gasteiger partial charge in [-0.25, -0.2) is 0 Å². The van der Waals surface area contributed by atoms with E-state index >= 15 is 0 Å². The van der Waals surface area contributed by atoms with Crippen LogP contribution in [0.1, 0.15) is 38.2 Å². The molecule has 0 N–H and O–H groups in total. The van der Waals surface area contributed by atoms with Crippen molar-refractivity contribution >= 4 is 49.6 Å². The summed E-state index contributed by atoms with van der Waals surface area (Å²) in [5, 5.41) is 5.05. The molecule has 312 valence electrons. The van der Waals surface area contributed by atoms with Gasteiger partial charge in [-0.05, 0) is 148 Å². The summed E-state index contributed by atoms with van der Waals surface area (Å²) in [6, 6.07) is 78.8. The van der Waals surface area contributed by atoms with E-state index in [1.165, 1.54) is 109 Å². The van der Waals surface area contributed by atoms with E-state index in [4.69, 9.17) is 0 Å². The largest absolute Gasteiger partial charge is 0.311 e. The van der Waals surface area contributed by atoms with Crippen molar-refractivity contribution in [2.24, 2.45) is 17.8 Å². The Morgan fingerprint density at radius 3 is 1.71 bits per heavy atom. The van der Waals surface area contributed by atoms with Crippen LogP contribution >= 0.6 is 0 Å². The molecule has 65 heavy (non-hydrogen) atoms. The van der Waals surface area contributed by atoms with Gasteiger partial charge in [0.1, 0.15) is 0 Å². The number of rotatable bonds is 8. The third-order valence-corrected chi connectivity index (χ3v) is 15.2. The summed E-state index contributed by atoms with van der Waals surface area (Å²) in [4.78, 5) is 2.44. The lowest BCUT2D eigenvalue weighted by Crippen LogP contribution is -2.40. The maximum Gasteiger partial charge on any atom is 0.0547 e. The van der Waals surface area contributed by atoms with E-state index in [9.17, 15) is 0 Å². The summed E-state index contributed by atoms with van der Waals surface area (Å²) < 4.78 is 2.46. The number of aromatic nitrogens is 1. The van der Waals surface area contributed by atoms with Crippen LogP contribution in [0.2, 0.25) is 0 Å².